The minimum atomic E-state index is 0.613. The Morgan fingerprint density at radius 1 is 1.11 bits per heavy atom. The molecule has 18 heavy (non-hydrogen) atoms. The molecule has 0 aromatic heterocycles. The number of hydrogen-bond acceptors (Lipinski definition) is 1. The SMILES string of the molecule is Brc1cccc2c1CCC2NC1CC2CCC1C2. The quantitative estimate of drug-likeness (QED) is 0.863. The summed E-state index contributed by atoms with van der Waals surface area (Å²) in [5.74, 6) is 2.02. The Kier molecular flexibility index (Phi) is 2.77. The van der Waals surface area contributed by atoms with E-state index in [0.717, 1.165) is 17.9 Å². The van der Waals surface area contributed by atoms with Crippen molar-refractivity contribution in [1.29, 1.82) is 0 Å². The molecule has 4 atom stereocenters. The molecule has 2 heteroatoms. The molecule has 0 radical (unpaired) electrons. The van der Waals surface area contributed by atoms with Crippen molar-refractivity contribution in [3.63, 3.8) is 0 Å². The van der Waals surface area contributed by atoms with Gasteiger partial charge in [0.1, 0.15) is 0 Å². The third-order valence-electron chi connectivity index (χ3n) is 5.37. The lowest BCUT2D eigenvalue weighted by atomic mass is 9.94. The van der Waals surface area contributed by atoms with Crippen LogP contribution in [-0.4, -0.2) is 6.04 Å². The molecule has 1 aromatic carbocycles. The first-order chi connectivity index (χ1) is 8.81. The van der Waals surface area contributed by atoms with Gasteiger partial charge in [0, 0.05) is 16.6 Å². The highest BCUT2D eigenvalue weighted by Crippen LogP contribution is 2.46. The molecule has 2 bridgehead atoms. The van der Waals surface area contributed by atoms with Gasteiger partial charge in [-0.1, -0.05) is 34.5 Å². The molecule has 0 spiro atoms. The summed E-state index contributed by atoms with van der Waals surface area (Å²) in [4.78, 5) is 0. The summed E-state index contributed by atoms with van der Waals surface area (Å²) in [5, 5.41) is 3.97. The second-order valence-corrected chi connectivity index (χ2v) is 7.20. The van der Waals surface area contributed by atoms with Crippen LogP contribution in [0.2, 0.25) is 0 Å². The first-order valence-electron chi connectivity index (χ1n) is 7.34. The van der Waals surface area contributed by atoms with Crippen molar-refractivity contribution >= 4 is 15.9 Å². The van der Waals surface area contributed by atoms with Crippen LogP contribution in [0.4, 0.5) is 0 Å². The van der Waals surface area contributed by atoms with Gasteiger partial charge in [0.15, 0.2) is 0 Å². The highest BCUT2D eigenvalue weighted by atomic mass is 79.9. The van der Waals surface area contributed by atoms with Crippen LogP contribution in [0.1, 0.15) is 49.3 Å². The fourth-order valence-corrected chi connectivity index (χ4v) is 5.07. The average molecular weight is 306 g/mol. The van der Waals surface area contributed by atoms with Gasteiger partial charge in [0.2, 0.25) is 0 Å². The smallest absolute Gasteiger partial charge is 0.0329 e. The summed E-state index contributed by atoms with van der Waals surface area (Å²) < 4.78 is 1.30. The lowest BCUT2D eigenvalue weighted by molar-refractivity contribution is 0.318. The summed E-state index contributed by atoms with van der Waals surface area (Å²) in [5.41, 5.74) is 3.09. The van der Waals surface area contributed by atoms with E-state index in [0.29, 0.717) is 6.04 Å². The zero-order valence-electron chi connectivity index (χ0n) is 10.7. The van der Waals surface area contributed by atoms with Gasteiger partial charge in [0.25, 0.3) is 0 Å². The topological polar surface area (TPSA) is 12.0 Å². The summed E-state index contributed by atoms with van der Waals surface area (Å²) in [6.45, 7) is 0. The molecule has 1 aromatic rings. The first kappa shape index (κ1) is 11.5. The number of nitrogens with one attached hydrogen (secondary N) is 1. The average Bonchev–Trinajstić information content (AvgIpc) is 3.05. The standard InChI is InChI=1S/C16H20BrN/c17-14-3-1-2-13-12(14)6-7-15(13)18-16-9-10-4-5-11(16)8-10/h1-3,10-11,15-16,18H,4-9H2. The van der Waals surface area contributed by atoms with Gasteiger partial charge in [-0.15, -0.1) is 0 Å². The molecule has 4 rings (SSSR count). The lowest BCUT2D eigenvalue weighted by Gasteiger charge is -2.27. The summed E-state index contributed by atoms with van der Waals surface area (Å²) in [7, 11) is 0. The molecule has 2 saturated carbocycles. The molecular weight excluding hydrogens is 286 g/mol. The van der Waals surface area contributed by atoms with Crippen molar-refractivity contribution in [1.82, 2.24) is 5.32 Å². The van der Waals surface area contributed by atoms with Gasteiger partial charge < -0.3 is 5.32 Å². The molecule has 0 aliphatic heterocycles. The maximum absolute atomic E-state index is 3.97. The van der Waals surface area contributed by atoms with Crippen molar-refractivity contribution in [2.24, 2.45) is 11.8 Å². The van der Waals surface area contributed by atoms with Crippen molar-refractivity contribution in [3.05, 3.63) is 33.8 Å². The third kappa shape index (κ3) is 1.77. The summed E-state index contributed by atoms with van der Waals surface area (Å²) >= 11 is 3.69. The third-order valence-corrected chi connectivity index (χ3v) is 6.11. The Bertz CT molecular complexity index is 470. The van der Waals surface area contributed by atoms with E-state index in [4.69, 9.17) is 0 Å². The van der Waals surface area contributed by atoms with Gasteiger partial charge >= 0.3 is 0 Å². The van der Waals surface area contributed by atoms with Crippen molar-refractivity contribution in [2.45, 2.75) is 50.6 Å². The molecule has 2 fully saturated rings. The van der Waals surface area contributed by atoms with Gasteiger partial charge in [0.05, 0.1) is 0 Å². The molecule has 0 heterocycles. The Hall–Kier alpha value is -0.340. The fraction of sp³-hybridized carbons (Fsp3) is 0.625. The van der Waals surface area contributed by atoms with E-state index in [2.05, 4.69) is 39.4 Å². The highest BCUT2D eigenvalue weighted by molar-refractivity contribution is 9.10. The highest BCUT2D eigenvalue weighted by Gasteiger charge is 2.40. The largest absolute Gasteiger partial charge is 0.307 e. The predicted octanol–water partition coefficient (Wildman–Crippen LogP) is 4.21. The number of fused-ring (bicyclic) bond motifs is 3. The van der Waals surface area contributed by atoms with E-state index < -0.39 is 0 Å². The van der Waals surface area contributed by atoms with E-state index in [1.807, 2.05) is 0 Å². The van der Waals surface area contributed by atoms with Crippen LogP contribution in [0.15, 0.2) is 22.7 Å². The number of benzene rings is 1. The summed E-state index contributed by atoms with van der Waals surface area (Å²) in [6.07, 6.45) is 8.41. The van der Waals surface area contributed by atoms with E-state index in [1.54, 1.807) is 5.56 Å². The molecule has 3 aliphatic rings. The number of hydrogen-bond donors (Lipinski definition) is 1. The second kappa shape index (κ2) is 4.35. The minimum absolute atomic E-state index is 0.613. The Morgan fingerprint density at radius 3 is 2.83 bits per heavy atom. The Morgan fingerprint density at radius 2 is 2.06 bits per heavy atom. The van der Waals surface area contributed by atoms with E-state index >= 15 is 0 Å². The van der Waals surface area contributed by atoms with Crippen LogP contribution in [0.25, 0.3) is 0 Å². The molecule has 1 N–H and O–H groups in total. The van der Waals surface area contributed by atoms with Crippen molar-refractivity contribution in [2.75, 3.05) is 0 Å². The maximum Gasteiger partial charge on any atom is 0.0329 e. The van der Waals surface area contributed by atoms with Crippen LogP contribution in [0, 0.1) is 11.8 Å². The first-order valence-corrected chi connectivity index (χ1v) is 8.14. The molecule has 0 amide bonds. The summed E-state index contributed by atoms with van der Waals surface area (Å²) in [6, 6.07) is 8.10. The minimum Gasteiger partial charge on any atom is -0.307 e. The van der Waals surface area contributed by atoms with Gasteiger partial charge in [-0.3, -0.25) is 0 Å². The molecule has 1 nitrogen and oxygen atoms in total. The van der Waals surface area contributed by atoms with E-state index in [1.165, 1.54) is 48.6 Å². The number of halogens is 1. The normalized spacial score (nSPS) is 37.2. The molecule has 4 unspecified atom stereocenters. The van der Waals surface area contributed by atoms with Crippen molar-refractivity contribution in [3.8, 4) is 0 Å². The van der Waals surface area contributed by atoms with Gasteiger partial charge in [-0.2, -0.15) is 0 Å². The van der Waals surface area contributed by atoms with Crippen LogP contribution in [-0.2, 0) is 6.42 Å². The monoisotopic (exact) mass is 305 g/mol. The maximum atomic E-state index is 3.97. The molecule has 0 saturated heterocycles. The lowest BCUT2D eigenvalue weighted by Crippen LogP contribution is -2.36. The second-order valence-electron chi connectivity index (χ2n) is 6.35. The van der Waals surface area contributed by atoms with Crippen LogP contribution >= 0.6 is 15.9 Å². The Labute approximate surface area is 117 Å². The fourth-order valence-electron chi connectivity index (χ4n) is 4.49. The van der Waals surface area contributed by atoms with Crippen LogP contribution in [0.5, 0.6) is 0 Å². The van der Waals surface area contributed by atoms with E-state index in [9.17, 15) is 0 Å². The van der Waals surface area contributed by atoms with Crippen molar-refractivity contribution < 1.29 is 0 Å². The van der Waals surface area contributed by atoms with Gasteiger partial charge in [-0.05, 0) is 61.1 Å². The molecular formula is C16H20BrN. The Balaban J connectivity index is 1.53. The molecule has 3 aliphatic carbocycles. The van der Waals surface area contributed by atoms with Gasteiger partial charge in [-0.25, -0.2) is 0 Å². The zero-order chi connectivity index (χ0) is 12.1. The number of rotatable bonds is 2. The van der Waals surface area contributed by atoms with E-state index in [-0.39, 0.29) is 0 Å². The van der Waals surface area contributed by atoms with Crippen LogP contribution < -0.4 is 5.32 Å². The predicted molar refractivity (Wildman–Crippen MR) is 77.6 cm³/mol. The van der Waals surface area contributed by atoms with Crippen LogP contribution in [0.3, 0.4) is 0 Å². The zero-order valence-corrected chi connectivity index (χ0v) is 12.2. The molecule has 96 valence electrons.